The molecule has 4 aromatic rings. The summed E-state index contributed by atoms with van der Waals surface area (Å²) in [5.41, 5.74) is 4.58. The summed E-state index contributed by atoms with van der Waals surface area (Å²) in [6.07, 6.45) is 1.52. The molecule has 35 heavy (non-hydrogen) atoms. The summed E-state index contributed by atoms with van der Waals surface area (Å²) in [5, 5.41) is 0. The summed E-state index contributed by atoms with van der Waals surface area (Å²) in [6, 6.07) is 40.5. The Bertz CT molecular complexity index is 1010. The molecule has 0 atom stereocenters. The molecular formula is C32H30O3. The van der Waals surface area contributed by atoms with Crippen molar-refractivity contribution in [3.63, 3.8) is 0 Å². The highest BCUT2D eigenvalue weighted by Gasteiger charge is 2.20. The topological polar surface area (TPSA) is 43.4 Å². The molecule has 0 heterocycles. The van der Waals surface area contributed by atoms with E-state index >= 15 is 0 Å². The van der Waals surface area contributed by atoms with Crippen molar-refractivity contribution in [3.05, 3.63) is 144 Å². The summed E-state index contributed by atoms with van der Waals surface area (Å²) in [6.45, 7) is 0. The molecule has 0 bridgehead atoms. The van der Waals surface area contributed by atoms with Gasteiger partial charge in [-0.25, -0.2) is 0 Å². The van der Waals surface area contributed by atoms with Crippen molar-refractivity contribution in [2.75, 3.05) is 0 Å². The summed E-state index contributed by atoms with van der Waals surface area (Å²) in [4.78, 5) is 25.1. The quantitative estimate of drug-likeness (QED) is 0.184. The van der Waals surface area contributed by atoms with Gasteiger partial charge >= 0.3 is 11.9 Å². The molecule has 0 aromatic heterocycles. The lowest BCUT2D eigenvalue weighted by Gasteiger charge is -2.18. The fraction of sp³-hybridized carbons (Fsp3) is 0.188. The summed E-state index contributed by atoms with van der Waals surface area (Å²) in [7, 11) is 0. The molecule has 0 fully saturated rings. The molecule has 0 aliphatic carbocycles. The van der Waals surface area contributed by atoms with E-state index in [1.54, 1.807) is 0 Å². The molecule has 4 aromatic carbocycles. The molecule has 0 radical (unpaired) electrons. The molecule has 0 spiro atoms. The van der Waals surface area contributed by atoms with Crippen LogP contribution in [0.1, 0.15) is 59.8 Å². The molecule has 4 rings (SSSR count). The Morgan fingerprint density at radius 3 is 0.971 bits per heavy atom. The Hall–Kier alpha value is -3.98. The number of hydrogen-bond acceptors (Lipinski definition) is 3. The second-order valence-electron chi connectivity index (χ2n) is 8.67. The largest absolute Gasteiger partial charge is 0.393 e. The van der Waals surface area contributed by atoms with E-state index in [9.17, 15) is 9.59 Å². The molecule has 0 aliphatic heterocycles. The first-order valence-corrected chi connectivity index (χ1v) is 12.1. The molecule has 3 nitrogen and oxygen atoms in total. The number of benzene rings is 4. The van der Waals surface area contributed by atoms with Crippen molar-refractivity contribution < 1.29 is 14.3 Å². The van der Waals surface area contributed by atoms with E-state index in [0.717, 1.165) is 22.3 Å². The highest BCUT2D eigenvalue weighted by molar-refractivity contribution is 5.85. The number of rotatable bonds is 10. The van der Waals surface area contributed by atoms with Gasteiger partial charge in [0.05, 0.1) is 0 Å². The van der Waals surface area contributed by atoms with Crippen LogP contribution >= 0.6 is 0 Å². The maximum absolute atomic E-state index is 12.6. The van der Waals surface area contributed by atoms with Gasteiger partial charge in [0, 0.05) is 24.7 Å². The lowest BCUT2D eigenvalue weighted by molar-refractivity contribution is -0.159. The summed E-state index contributed by atoms with van der Waals surface area (Å²) < 4.78 is 5.22. The smallest absolute Gasteiger partial charge is 0.313 e. The van der Waals surface area contributed by atoms with Gasteiger partial charge in [0.25, 0.3) is 0 Å². The van der Waals surface area contributed by atoms with Crippen LogP contribution in [0.3, 0.4) is 0 Å². The molecule has 0 amide bonds. The molecule has 176 valence electrons. The van der Waals surface area contributed by atoms with Crippen LogP contribution in [-0.2, 0) is 14.3 Å². The Balaban J connectivity index is 1.35. The van der Waals surface area contributed by atoms with E-state index in [4.69, 9.17) is 4.74 Å². The van der Waals surface area contributed by atoms with E-state index in [0.29, 0.717) is 12.8 Å². The first-order valence-electron chi connectivity index (χ1n) is 12.1. The van der Waals surface area contributed by atoms with Crippen LogP contribution in [0.5, 0.6) is 0 Å². The monoisotopic (exact) mass is 462 g/mol. The second kappa shape index (κ2) is 12.5. The third kappa shape index (κ3) is 7.00. The van der Waals surface area contributed by atoms with Crippen molar-refractivity contribution in [1.82, 2.24) is 0 Å². The van der Waals surface area contributed by atoms with Gasteiger partial charge in [-0.2, -0.15) is 0 Å². The van der Waals surface area contributed by atoms with E-state index < -0.39 is 11.9 Å². The van der Waals surface area contributed by atoms with Crippen molar-refractivity contribution in [2.24, 2.45) is 0 Å². The highest BCUT2D eigenvalue weighted by Crippen LogP contribution is 2.30. The SMILES string of the molecule is O=C(CCC(c1ccccc1)c1ccccc1)OC(=O)CCC(c1ccccc1)c1ccccc1. The standard InChI is InChI=1S/C32H30O3/c33-31(23-21-29(25-13-5-1-6-14-25)26-15-7-2-8-16-26)35-32(34)24-22-30(27-17-9-3-10-18-27)28-19-11-4-12-20-28/h1-20,29-30H,21-24H2. The van der Waals surface area contributed by atoms with Gasteiger partial charge < -0.3 is 4.74 Å². The van der Waals surface area contributed by atoms with Crippen LogP contribution in [0, 0.1) is 0 Å². The predicted octanol–water partition coefficient (Wildman–Crippen LogP) is 7.28. The van der Waals surface area contributed by atoms with Crippen LogP contribution in [0.2, 0.25) is 0 Å². The predicted molar refractivity (Wildman–Crippen MR) is 139 cm³/mol. The number of esters is 2. The molecule has 0 saturated heterocycles. The third-order valence-electron chi connectivity index (χ3n) is 6.31. The number of carbonyl (C=O) groups is 2. The maximum Gasteiger partial charge on any atom is 0.313 e. The zero-order valence-electron chi connectivity index (χ0n) is 19.8. The zero-order valence-corrected chi connectivity index (χ0v) is 19.8. The molecular weight excluding hydrogens is 432 g/mol. The van der Waals surface area contributed by atoms with Gasteiger partial charge in [0.15, 0.2) is 0 Å². The fourth-order valence-electron chi connectivity index (χ4n) is 4.55. The Labute approximate surface area is 207 Å². The van der Waals surface area contributed by atoms with Crippen LogP contribution in [0.4, 0.5) is 0 Å². The minimum absolute atomic E-state index is 0.0700. The first kappa shape index (κ1) is 24.2. The summed E-state index contributed by atoms with van der Waals surface area (Å²) >= 11 is 0. The van der Waals surface area contributed by atoms with Gasteiger partial charge in [-0.1, -0.05) is 121 Å². The Morgan fingerprint density at radius 2 is 0.714 bits per heavy atom. The minimum atomic E-state index is -0.470. The average molecular weight is 463 g/mol. The highest BCUT2D eigenvalue weighted by atomic mass is 16.6. The van der Waals surface area contributed by atoms with Crippen LogP contribution in [0.15, 0.2) is 121 Å². The number of carbonyl (C=O) groups excluding carboxylic acids is 2. The second-order valence-corrected chi connectivity index (χ2v) is 8.67. The normalized spacial score (nSPS) is 10.9. The fourth-order valence-corrected chi connectivity index (χ4v) is 4.55. The lowest BCUT2D eigenvalue weighted by atomic mass is 9.87. The minimum Gasteiger partial charge on any atom is -0.393 e. The van der Waals surface area contributed by atoms with Crippen LogP contribution < -0.4 is 0 Å². The van der Waals surface area contributed by atoms with Crippen molar-refractivity contribution in [2.45, 2.75) is 37.5 Å². The first-order chi connectivity index (χ1) is 17.2. The van der Waals surface area contributed by atoms with Crippen LogP contribution in [0.25, 0.3) is 0 Å². The zero-order chi connectivity index (χ0) is 24.3. The molecule has 0 unspecified atom stereocenters. The third-order valence-corrected chi connectivity index (χ3v) is 6.31. The number of ether oxygens (including phenoxy) is 1. The van der Waals surface area contributed by atoms with Gasteiger partial charge in [0.1, 0.15) is 0 Å². The van der Waals surface area contributed by atoms with E-state index in [1.807, 2.05) is 72.8 Å². The average Bonchev–Trinajstić information content (AvgIpc) is 2.91. The van der Waals surface area contributed by atoms with Crippen molar-refractivity contribution in [3.8, 4) is 0 Å². The van der Waals surface area contributed by atoms with Gasteiger partial charge in [-0.05, 0) is 35.1 Å². The Morgan fingerprint density at radius 1 is 0.457 bits per heavy atom. The van der Waals surface area contributed by atoms with Crippen molar-refractivity contribution >= 4 is 11.9 Å². The maximum atomic E-state index is 12.6. The lowest BCUT2D eigenvalue weighted by Crippen LogP contribution is -2.15. The molecule has 0 saturated carbocycles. The van der Waals surface area contributed by atoms with E-state index in [1.165, 1.54) is 0 Å². The van der Waals surface area contributed by atoms with E-state index in [2.05, 4.69) is 48.5 Å². The van der Waals surface area contributed by atoms with Crippen molar-refractivity contribution in [1.29, 1.82) is 0 Å². The molecule has 0 aliphatic rings. The van der Waals surface area contributed by atoms with Gasteiger partial charge in [-0.3, -0.25) is 9.59 Å². The molecule has 3 heteroatoms. The van der Waals surface area contributed by atoms with Crippen LogP contribution in [-0.4, -0.2) is 11.9 Å². The number of hydrogen-bond donors (Lipinski definition) is 0. The Kier molecular flexibility index (Phi) is 8.61. The van der Waals surface area contributed by atoms with Gasteiger partial charge in [-0.15, -0.1) is 0 Å². The van der Waals surface area contributed by atoms with Gasteiger partial charge in [0.2, 0.25) is 0 Å². The molecule has 0 N–H and O–H groups in total. The summed E-state index contributed by atoms with van der Waals surface area (Å²) in [5.74, 6) is -0.799. The van der Waals surface area contributed by atoms with E-state index in [-0.39, 0.29) is 24.7 Å².